The summed E-state index contributed by atoms with van der Waals surface area (Å²) in [6, 6.07) is 13.2. The van der Waals surface area contributed by atoms with Gasteiger partial charge in [0.25, 0.3) is 0 Å². The number of hydrogen-bond acceptors (Lipinski definition) is 8. The maximum Gasteiger partial charge on any atom is 0.222 e. The number of carbonyl (C=O) groups is 1. The molecule has 2 fully saturated rings. The Bertz CT molecular complexity index is 1300. The molecule has 0 amide bonds. The molecular weight excluding hydrogens is 451 g/mol. The van der Waals surface area contributed by atoms with Gasteiger partial charge in [-0.15, -0.1) is 0 Å². The Balaban J connectivity index is 1.28. The summed E-state index contributed by atoms with van der Waals surface area (Å²) in [4.78, 5) is 22.8. The predicted molar refractivity (Wildman–Crippen MR) is 125 cm³/mol. The Labute approximate surface area is 201 Å². The molecule has 2 aromatic heterocycles. The molecule has 2 aliphatic rings. The molecule has 0 bridgehead atoms. The number of halogens is 1. The van der Waals surface area contributed by atoms with Crippen molar-refractivity contribution in [3.8, 4) is 29.0 Å². The molecular formula is C26H23FN4O4. The lowest BCUT2D eigenvalue weighted by molar-refractivity contribution is -0.0196. The topological polar surface area (TPSA) is 97.6 Å². The summed E-state index contributed by atoms with van der Waals surface area (Å²) in [5.74, 6) is 0.340. The van der Waals surface area contributed by atoms with E-state index in [-0.39, 0.29) is 11.7 Å². The molecule has 178 valence electrons. The second kappa shape index (κ2) is 9.31. The summed E-state index contributed by atoms with van der Waals surface area (Å²) in [5, 5.41) is 9.24. The third-order valence-corrected chi connectivity index (χ3v) is 6.17. The molecule has 4 heterocycles. The molecule has 0 saturated carbocycles. The molecule has 1 spiro atoms. The standard InChI is InChI=1S/C26H23FN4O4/c1-2-33-25-20(4-3-9-29-25)21-6-7-23(22(13-32)30-21)31-15-26(16-31)11-19(14-34-26)35-24-8-5-18(27)10-17(24)12-28/h3-10,13,19H,2,11,14-16H2,1H3. The number of nitriles is 1. The molecule has 5 rings (SSSR count). The number of benzene rings is 1. The summed E-state index contributed by atoms with van der Waals surface area (Å²) in [6.07, 6.45) is 2.78. The molecule has 2 saturated heterocycles. The molecule has 2 aliphatic heterocycles. The van der Waals surface area contributed by atoms with E-state index in [4.69, 9.17) is 14.2 Å². The van der Waals surface area contributed by atoms with E-state index in [1.165, 1.54) is 12.1 Å². The highest BCUT2D eigenvalue weighted by Gasteiger charge is 2.51. The van der Waals surface area contributed by atoms with Crippen molar-refractivity contribution >= 4 is 12.0 Å². The summed E-state index contributed by atoms with van der Waals surface area (Å²) in [6.45, 7) is 3.90. The van der Waals surface area contributed by atoms with Crippen LogP contribution in [0.1, 0.15) is 29.4 Å². The van der Waals surface area contributed by atoms with E-state index in [1.54, 1.807) is 12.3 Å². The van der Waals surface area contributed by atoms with Crippen molar-refractivity contribution in [1.82, 2.24) is 9.97 Å². The van der Waals surface area contributed by atoms with Crippen molar-refractivity contribution < 1.29 is 23.4 Å². The van der Waals surface area contributed by atoms with Gasteiger partial charge in [0.05, 0.1) is 35.7 Å². The van der Waals surface area contributed by atoms with Crippen LogP contribution in [0, 0.1) is 17.1 Å². The van der Waals surface area contributed by atoms with Crippen molar-refractivity contribution in [1.29, 1.82) is 5.26 Å². The summed E-state index contributed by atoms with van der Waals surface area (Å²) in [5.41, 5.74) is 2.15. The fourth-order valence-electron chi connectivity index (χ4n) is 4.60. The van der Waals surface area contributed by atoms with Crippen LogP contribution in [0.4, 0.5) is 10.1 Å². The van der Waals surface area contributed by atoms with Crippen LogP contribution in [0.3, 0.4) is 0 Å². The second-order valence-electron chi connectivity index (χ2n) is 8.55. The molecule has 3 aromatic rings. The highest BCUT2D eigenvalue weighted by atomic mass is 19.1. The van der Waals surface area contributed by atoms with Crippen molar-refractivity contribution in [2.45, 2.75) is 25.0 Å². The minimum Gasteiger partial charge on any atom is -0.487 e. The van der Waals surface area contributed by atoms with Crippen molar-refractivity contribution in [3.05, 3.63) is 65.7 Å². The smallest absolute Gasteiger partial charge is 0.222 e. The third-order valence-electron chi connectivity index (χ3n) is 6.17. The zero-order valence-electron chi connectivity index (χ0n) is 19.1. The summed E-state index contributed by atoms with van der Waals surface area (Å²) in [7, 11) is 0. The van der Waals surface area contributed by atoms with Crippen LogP contribution < -0.4 is 14.4 Å². The van der Waals surface area contributed by atoms with Crippen molar-refractivity contribution in [2.24, 2.45) is 0 Å². The number of carbonyl (C=O) groups excluding carboxylic acids is 1. The van der Waals surface area contributed by atoms with Crippen LogP contribution in [0.25, 0.3) is 11.3 Å². The average Bonchev–Trinajstić information content (AvgIpc) is 3.28. The SMILES string of the molecule is CCOc1ncccc1-c1ccc(N2CC3(CC(Oc4ccc(F)cc4C#N)CO3)C2)c(C=O)n1. The van der Waals surface area contributed by atoms with Gasteiger partial charge in [-0.05, 0) is 49.4 Å². The van der Waals surface area contributed by atoms with E-state index >= 15 is 0 Å². The minimum atomic E-state index is -0.481. The number of pyridine rings is 2. The van der Waals surface area contributed by atoms with Gasteiger partial charge in [-0.3, -0.25) is 4.79 Å². The first-order valence-electron chi connectivity index (χ1n) is 11.3. The molecule has 1 unspecified atom stereocenters. The van der Waals surface area contributed by atoms with Gasteiger partial charge < -0.3 is 19.1 Å². The van der Waals surface area contributed by atoms with Crippen LogP contribution in [0.15, 0.2) is 48.7 Å². The Morgan fingerprint density at radius 2 is 2.17 bits per heavy atom. The van der Waals surface area contributed by atoms with Gasteiger partial charge in [-0.2, -0.15) is 5.26 Å². The van der Waals surface area contributed by atoms with Crippen molar-refractivity contribution in [3.63, 3.8) is 0 Å². The van der Waals surface area contributed by atoms with Crippen LogP contribution in [0.5, 0.6) is 11.6 Å². The lowest BCUT2D eigenvalue weighted by Crippen LogP contribution is -2.62. The van der Waals surface area contributed by atoms with E-state index in [9.17, 15) is 14.4 Å². The Hall–Kier alpha value is -4.03. The van der Waals surface area contributed by atoms with Crippen LogP contribution in [-0.2, 0) is 4.74 Å². The number of rotatable bonds is 7. The van der Waals surface area contributed by atoms with Gasteiger partial charge in [0.1, 0.15) is 35.0 Å². The monoisotopic (exact) mass is 474 g/mol. The first-order valence-corrected chi connectivity index (χ1v) is 11.3. The van der Waals surface area contributed by atoms with Crippen LogP contribution in [0.2, 0.25) is 0 Å². The number of anilines is 1. The second-order valence-corrected chi connectivity index (χ2v) is 8.55. The zero-order valence-corrected chi connectivity index (χ0v) is 19.1. The van der Waals surface area contributed by atoms with Gasteiger partial charge >= 0.3 is 0 Å². The number of hydrogen-bond donors (Lipinski definition) is 0. The van der Waals surface area contributed by atoms with E-state index in [0.717, 1.165) is 23.6 Å². The number of aldehydes is 1. The van der Waals surface area contributed by atoms with E-state index in [0.29, 0.717) is 55.7 Å². The van der Waals surface area contributed by atoms with Gasteiger partial charge in [0.2, 0.25) is 5.88 Å². The maximum absolute atomic E-state index is 13.4. The molecule has 1 aromatic carbocycles. The largest absolute Gasteiger partial charge is 0.487 e. The lowest BCUT2D eigenvalue weighted by atomic mass is 9.89. The molecule has 1 atom stereocenters. The van der Waals surface area contributed by atoms with E-state index < -0.39 is 11.4 Å². The van der Waals surface area contributed by atoms with E-state index in [2.05, 4.69) is 9.97 Å². The number of ether oxygens (including phenoxy) is 3. The van der Waals surface area contributed by atoms with Crippen molar-refractivity contribution in [2.75, 3.05) is 31.2 Å². The zero-order chi connectivity index (χ0) is 24.4. The van der Waals surface area contributed by atoms with Crippen LogP contribution >= 0.6 is 0 Å². The highest BCUT2D eigenvalue weighted by Crippen LogP contribution is 2.40. The number of aromatic nitrogens is 2. The fraction of sp³-hybridized carbons (Fsp3) is 0.308. The predicted octanol–water partition coefficient (Wildman–Crippen LogP) is 3.79. The van der Waals surface area contributed by atoms with Gasteiger partial charge in [0.15, 0.2) is 6.29 Å². The fourth-order valence-corrected chi connectivity index (χ4v) is 4.60. The molecule has 0 N–H and O–H groups in total. The number of nitrogens with zero attached hydrogens (tertiary/aromatic N) is 4. The maximum atomic E-state index is 13.4. The summed E-state index contributed by atoms with van der Waals surface area (Å²) < 4.78 is 31.0. The quantitative estimate of drug-likeness (QED) is 0.477. The average molecular weight is 474 g/mol. The van der Waals surface area contributed by atoms with Gasteiger partial charge in [-0.1, -0.05) is 0 Å². The lowest BCUT2D eigenvalue weighted by Gasteiger charge is -2.48. The Morgan fingerprint density at radius 3 is 2.94 bits per heavy atom. The first-order chi connectivity index (χ1) is 17.0. The Morgan fingerprint density at radius 1 is 1.31 bits per heavy atom. The Kier molecular flexibility index (Phi) is 6.05. The highest BCUT2D eigenvalue weighted by molar-refractivity contribution is 5.84. The first kappa shape index (κ1) is 22.7. The van der Waals surface area contributed by atoms with Gasteiger partial charge in [0, 0.05) is 25.7 Å². The van der Waals surface area contributed by atoms with Crippen LogP contribution in [-0.4, -0.2) is 54.3 Å². The summed E-state index contributed by atoms with van der Waals surface area (Å²) >= 11 is 0. The molecule has 0 aliphatic carbocycles. The minimum absolute atomic E-state index is 0.157. The van der Waals surface area contributed by atoms with E-state index in [1.807, 2.05) is 36.1 Å². The molecule has 0 radical (unpaired) electrons. The molecule has 8 nitrogen and oxygen atoms in total. The molecule has 9 heteroatoms. The normalized spacial score (nSPS) is 18.1. The van der Waals surface area contributed by atoms with Gasteiger partial charge in [-0.25, -0.2) is 14.4 Å². The molecule has 35 heavy (non-hydrogen) atoms. The third kappa shape index (κ3) is 4.40.